The summed E-state index contributed by atoms with van der Waals surface area (Å²) in [5, 5.41) is 6.23. The van der Waals surface area contributed by atoms with Gasteiger partial charge in [0.05, 0.1) is 18.7 Å². The molecule has 1 amide bonds. The molecule has 0 aromatic carbocycles. The second-order valence-corrected chi connectivity index (χ2v) is 4.07. The molecule has 1 unspecified atom stereocenters. The van der Waals surface area contributed by atoms with Gasteiger partial charge in [0, 0.05) is 6.61 Å². The molecule has 80 valence electrons. The lowest BCUT2D eigenvalue weighted by molar-refractivity contribution is -0.124. The fourth-order valence-electron chi connectivity index (χ4n) is 2.06. The molecule has 2 aliphatic heterocycles. The van der Waals surface area contributed by atoms with Gasteiger partial charge in [0.1, 0.15) is 0 Å². The largest absolute Gasteiger partial charge is 0.379 e. The van der Waals surface area contributed by atoms with Gasteiger partial charge in [-0.05, 0) is 32.2 Å². The van der Waals surface area contributed by atoms with Crippen LogP contribution in [-0.4, -0.2) is 37.7 Å². The first-order valence-corrected chi connectivity index (χ1v) is 5.48. The van der Waals surface area contributed by atoms with Crippen molar-refractivity contribution < 1.29 is 9.53 Å². The zero-order chi connectivity index (χ0) is 9.80. The van der Waals surface area contributed by atoms with Gasteiger partial charge in [0.25, 0.3) is 0 Å². The number of ether oxygens (including phenoxy) is 1. The molecule has 2 N–H and O–H groups in total. The number of carbonyl (C=O) groups excluding carboxylic acids is 1. The van der Waals surface area contributed by atoms with Crippen LogP contribution >= 0.6 is 0 Å². The first-order valence-electron chi connectivity index (χ1n) is 5.48. The SMILES string of the molecule is O=C(NC1CCCOC1)[C@@H]1CCCN1. The third kappa shape index (κ3) is 2.45. The number of rotatable bonds is 2. The van der Waals surface area contributed by atoms with E-state index in [4.69, 9.17) is 4.74 Å². The van der Waals surface area contributed by atoms with Crippen LogP contribution in [0.2, 0.25) is 0 Å². The lowest BCUT2D eigenvalue weighted by Crippen LogP contribution is -2.47. The van der Waals surface area contributed by atoms with Crippen molar-refractivity contribution in [2.24, 2.45) is 0 Å². The summed E-state index contributed by atoms with van der Waals surface area (Å²) in [6, 6.07) is 0.274. The molecule has 2 rings (SSSR count). The Kier molecular flexibility index (Phi) is 3.37. The van der Waals surface area contributed by atoms with Gasteiger partial charge in [0.15, 0.2) is 0 Å². The third-order valence-corrected chi connectivity index (χ3v) is 2.88. The second-order valence-electron chi connectivity index (χ2n) is 4.07. The van der Waals surface area contributed by atoms with Crippen molar-refractivity contribution in [3.05, 3.63) is 0 Å². The molecule has 0 saturated carbocycles. The zero-order valence-corrected chi connectivity index (χ0v) is 8.42. The molecule has 4 heteroatoms. The van der Waals surface area contributed by atoms with E-state index in [0.29, 0.717) is 6.61 Å². The summed E-state index contributed by atoms with van der Waals surface area (Å²) in [6.45, 7) is 2.49. The molecule has 2 aliphatic rings. The van der Waals surface area contributed by atoms with Gasteiger partial charge in [-0.15, -0.1) is 0 Å². The van der Waals surface area contributed by atoms with E-state index in [-0.39, 0.29) is 18.0 Å². The smallest absolute Gasteiger partial charge is 0.237 e. The number of amides is 1. The van der Waals surface area contributed by atoms with Gasteiger partial charge in [0.2, 0.25) is 5.91 Å². The van der Waals surface area contributed by atoms with Gasteiger partial charge in [-0.3, -0.25) is 4.79 Å². The van der Waals surface area contributed by atoms with E-state index >= 15 is 0 Å². The predicted octanol–water partition coefficient (Wildman–Crippen LogP) is 0.0336. The van der Waals surface area contributed by atoms with Crippen molar-refractivity contribution in [3.63, 3.8) is 0 Å². The van der Waals surface area contributed by atoms with Crippen molar-refractivity contribution in [3.8, 4) is 0 Å². The van der Waals surface area contributed by atoms with Crippen LogP contribution < -0.4 is 10.6 Å². The summed E-state index contributed by atoms with van der Waals surface area (Å²) >= 11 is 0. The van der Waals surface area contributed by atoms with Gasteiger partial charge in [-0.25, -0.2) is 0 Å². The highest BCUT2D eigenvalue weighted by Gasteiger charge is 2.24. The Balaban J connectivity index is 1.75. The number of hydrogen-bond acceptors (Lipinski definition) is 3. The maximum Gasteiger partial charge on any atom is 0.237 e. The highest BCUT2D eigenvalue weighted by atomic mass is 16.5. The van der Waals surface area contributed by atoms with E-state index in [1.807, 2.05) is 0 Å². The van der Waals surface area contributed by atoms with E-state index in [0.717, 1.165) is 38.8 Å². The highest BCUT2D eigenvalue weighted by molar-refractivity contribution is 5.82. The lowest BCUT2D eigenvalue weighted by Gasteiger charge is -2.24. The molecule has 0 aromatic heterocycles. The molecule has 0 bridgehead atoms. The molecule has 2 fully saturated rings. The minimum absolute atomic E-state index is 0.0388. The monoisotopic (exact) mass is 198 g/mol. The standard InChI is InChI=1S/C10H18N2O2/c13-10(9-4-1-5-11-9)12-8-3-2-6-14-7-8/h8-9,11H,1-7H2,(H,12,13)/t8?,9-/m0/s1. The maximum atomic E-state index is 11.7. The first kappa shape index (κ1) is 9.93. The van der Waals surface area contributed by atoms with Crippen LogP contribution in [0.3, 0.4) is 0 Å². The van der Waals surface area contributed by atoms with E-state index in [1.165, 1.54) is 0 Å². The molecule has 0 aromatic rings. The predicted molar refractivity (Wildman–Crippen MR) is 53.0 cm³/mol. The molecule has 14 heavy (non-hydrogen) atoms. The Morgan fingerprint density at radius 2 is 2.29 bits per heavy atom. The quantitative estimate of drug-likeness (QED) is 0.658. The number of carbonyl (C=O) groups is 1. The van der Waals surface area contributed by atoms with Gasteiger partial charge in [-0.1, -0.05) is 0 Å². The van der Waals surface area contributed by atoms with Crippen LogP contribution in [0.4, 0.5) is 0 Å². The molecule has 2 atom stereocenters. The fourth-order valence-corrected chi connectivity index (χ4v) is 2.06. The zero-order valence-electron chi connectivity index (χ0n) is 8.42. The van der Waals surface area contributed by atoms with Crippen LogP contribution in [0.5, 0.6) is 0 Å². The van der Waals surface area contributed by atoms with Crippen LogP contribution in [0, 0.1) is 0 Å². The molecule has 2 heterocycles. The Morgan fingerprint density at radius 1 is 1.36 bits per heavy atom. The normalized spacial score (nSPS) is 32.9. The van der Waals surface area contributed by atoms with Crippen molar-refractivity contribution in [1.29, 1.82) is 0 Å². The van der Waals surface area contributed by atoms with E-state index in [2.05, 4.69) is 10.6 Å². The molecular formula is C10H18N2O2. The summed E-state index contributed by atoms with van der Waals surface area (Å²) in [4.78, 5) is 11.7. The topological polar surface area (TPSA) is 50.4 Å². The molecule has 4 nitrogen and oxygen atoms in total. The van der Waals surface area contributed by atoms with Crippen molar-refractivity contribution >= 4 is 5.91 Å². The summed E-state index contributed by atoms with van der Waals surface area (Å²) in [7, 11) is 0. The number of nitrogens with one attached hydrogen (secondary N) is 2. The summed E-state index contributed by atoms with van der Waals surface area (Å²) in [5.41, 5.74) is 0. The lowest BCUT2D eigenvalue weighted by atomic mass is 10.1. The average Bonchev–Trinajstić information content (AvgIpc) is 2.72. The highest BCUT2D eigenvalue weighted by Crippen LogP contribution is 2.08. The van der Waals surface area contributed by atoms with Crippen molar-refractivity contribution in [2.45, 2.75) is 37.8 Å². The molecule has 2 saturated heterocycles. The van der Waals surface area contributed by atoms with Gasteiger partial charge < -0.3 is 15.4 Å². The minimum Gasteiger partial charge on any atom is -0.379 e. The first-order chi connectivity index (χ1) is 6.86. The van der Waals surface area contributed by atoms with E-state index < -0.39 is 0 Å². The second kappa shape index (κ2) is 4.75. The van der Waals surface area contributed by atoms with E-state index in [9.17, 15) is 4.79 Å². The Bertz CT molecular complexity index is 196. The Labute approximate surface area is 84.4 Å². The average molecular weight is 198 g/mol. The molecule has 0 aliphatic carbocycles. The van der Waals surface area contributed by atoms with E-state index in [1.54, 1.807) is 0 Å². The van der Waals surface area contributed by atoms with Crippen LogP contribution in [0.25, 0.3) is 0 Å². The number of hydrogen-bond donors (Lipinski definition) is 2. The molecule has 0 spiro atoms. The van der Waals surface area contributed by atoms with Crippen molar-refractivity contribution in [1.82, 2.24) is 10.6 Å². The van der Waals surface area contributed by atoms with Gasteiger partial charge in [-0.2, -0.15) is 0 Å². The fraction of sp³-hybridized carbons (Fsp3) is 0.900. The summed E-state index contributed by atoms with van der Waals surface area (Å²) in [5.74, 6) is 0.151. The Hall–Kier alpha value is -0.610. The molecule has 0 radical (unpaired) electrons. The maximum absolute atomic E-state index is 11.7. The Morgan fingerprint density at radius 3 is 2.93 bits per heavy atom. The third-order valence-electron chi connectivity index (χ3n) is 2.88. The molecular weight excluding hydrogens is 180 g/mol. The minimum atomic E-state index is 0.0388. The van der Waals surface area contributed by atoms with Crippen molar-refractivity contribution in [2.75, 3.05) is 19.8 Å². The van der Waals surface area contributed by atoms with Gasteiger partial charge >= 0.3 is 0 Å². The summed E-state index contributed by atoms with van der Waals surface area (Å²) in [6.07, 6.45) is 4.19. The van der Waals surface area contributed by atoms with Crippen LogP contribution in [0.1, 0.15) is 25.7 Å². The summed E-state index contributed by atoms with van der Waals surface area (Å²) < 4.78 is 5.31. The van der Waals surface area contributed by atoms with Crippen LogP contribution in [-0.2, 0) is 9.53 Å². The van der Waals surface area contributed by atoms with Crippen LogP contribution in [0.15, 0.2) is 0 Å².